The van der Waals surface area contributed by atoms with Crippen molar-refractivity contribution in [1.82, 2.24) is 9.97 Å². The lowest BCUT2D eigenvalue weighted by molar-refractivity contribution is 1.30. The number of rotatable bonds is 1. The summed E-state index contributed by atoms with van der Waals surface area (Å²) in [6.45, 7) is 4.15. The molecule has 4 heteroatoms. The summed E-state index contributed by atoms with van der Waals surface area (Å²) in [6.07, 6.45) is 0. The van der Waals surface area contributed by atoms with E-state index in [9.17, 15) is 0 Å². The number of H-pyrrole nitrogens is 1. The van der Waals surface area contributed by atoms with Crippen LogP contribution in [0, 0.1) is 13.8 Å². The first kappa shape index (κ1) is 12.9. The fraction of sp³-hybridized carbons (Fsp3) is 0.133. The molecule has 0 aliphatic carbocycles. The average Bonchev–Trinajstić information content (AvgIpc) is 2.76. The molecule has 0 radical (unpaired) electrons. The van der Waals surface area contributed by atoms with Crippen molar-refractivity contribution in [3.63, 3.8) is 0 Å². The smallest absolute Gasteiger partial charge is 0.139 e. The average molecular weight is 380 g/mol. The maximum Gasteiger partial charge on any atom is 0.139 e. The van der Waals surface area contributed by atoms with Gasteiger partial charge in [0, 0.05) is 14.5 Å². The van der Waals surface area contributed by atoms with E-state index in [2.05, 4.69) is 75.0 Å². The minimum absolute atomic E-state index is 0.895. The Bertz CT molecular complexity index is 775. The summed E-state index contributed by atoms with van der Waals surface area (Å²) in [5.41, 5.74) is 5.53. The van der Waals surface area contributed by atoms with Crippen LogP contribution in [0.3, 0.4) is 0 Å². The highest BCUT2D eigenvalue weighted by atomic mass is 79.9. The minimum atomic E-state index is 0.895. The number of aromatic nitrogens is 2. The maximum absolute atomic E-state index is 4.72. The van der Waals surface area contributed by atoms with Crippen LogP contribution in [0.25, 0.3) is 22.4 Å². The normalized spacial score (nSPS) is 11.2. The van der Waals surface area contributed by atoms with Gasteiger partial charge in [-0.05, 0) is 53.0 Å². The molecule has 96 valence electrons. The molecule has 0 aliphatic heterocycles. The van der Waals surface area contributed by atoms with Gasteiger partial charge in [0.05, 0.1) is 11.0 Å². The van der Waals surface area contributed by atoms with Crippen LogP contribution in [0.5, 0.6) is 0 Å². The number of fused-ring (bicyclic) bond motifs is 1. The minimum Gasteiger partial charge on any atom is -0.338 e. The first-order chi connectivity index (χ1) is 9.06. The van der Waals surface area contributed by atoms with Crippen molar-refractivity contribution in [2.75, 3.05) is 0 Å². The van der Waals surface area contributed by atoms with Crippen molar-refractivity contribution in [3.05, 3.63) is 50.4 Å². The Balaban J connectivity index is 2.26. The highest BCUT2D eigenvalue weighted by Gasteiger charge is 2.11. The van der Waals surface area contributed by atoms with Gasteiger partial charge in [-0.1, -0.05) is 34.1 Å². The molecule has 1 aromatic heterocycles. The van der Waals surface area contributed by atoms with Crippen LogP contribution in [0.1, 0.15) is 11.1 Å². The van der Waals surface area contributed by atoms with Crippen LogP contribution in [0.2, 0.25) is 0 Å². The Hall–Kier alpha value is -1.13. The molecule has 19 heavy (non-hydrogen) atoms. The van der Waals surface area contributed by atoms with Gasteiger partial charge < -0.3 is 4.98 Å². The molecule has 0 spiro atoms. The van der Waals surface area contributed by atoms with Gasteiger partial charge >= 0.3 is 0 Å². The van der Waals surface area contributed by atoms with Gasteiger partial charge in [0.25, 0.3) is 0 Å². The molecule has 1 N–H and O–H groups in total. The molecule has 0 atom stereocenters. The van der Waals surface area contributed by atoms with Crippen LogP contribution < -0.4 is 0 Å². The summed E-state index contributed by atoms with van der Waals surface area (Å²) >= 11 is 7.16. The summed E-state index contributed by atoms with van der Waals surface area (Å²) in [5, 5.41) is 0. The zero-order valence-electron chi connectivity index (χ0n) is 10.6. The van der Waals surface area contributed by atoms with Gasteiger partial charge in [0.1, 0.15) is 5.82 Å². The zero-order chi connectivity index (χ0) is 13.6. The molecular formula is C15H12Br2N2. The lowest BCUT2D eigenvalue weighted by Gasteiger charge is -2.03. The summed E-state index contributed by atoms with van der Waals surface area (Å²) in [5.74, 6) is 0.895. The van der Waals surface area contributed by atoms with Crippen molar-refractivity contribution in [1.29, 1.82) is 0 Å². The lowest BCUT2D eigenvalue weighted by atomic mass is 10.1. The predicted octanol–water partition coefficient (Wildman–Crippen LogP) is 5.37. The molecule has 0 amide bonds. The van der Waals surface area contributed by atoms with E-state index in [4.69, 9.17) is 4.98 Å². The molecule has 0 saturated carbocycles. The first-order valence-electron chi connectivity index (χ1n) is 5.97. The summed E-state index contributed by atoms with van der Waals surface area (Å²) in [4.78, 5) is 8.11. The van der Waals surface area contributed by atoms with E-state index >= 15 is 0 Å². The van der Waals surface area contributed by atoms with Gasteiger partial charge in [-0.3, -0.25) is 0 Å². The molecule has 0 fully saturated rings. The molecule has 3 rings (SSSR count). The second-order valence-electron chi connectivity index (χ2n) is 4.64. The zero-order valence-corrected chi connectivity index (χ0v) is 13.8. The van der Waals surface area contributed by atoms with Crippen LogP contribution in [0.15, 0.2) is 39.3 Å². The number of aryl methyl sites for hydroxylation is 2. The van der Waals surface area contributed by atoms with Crippen molar-refractivity contribution in [3.8, 4) is 11.4 Å². The fourth-order valence-corrected chi connectivity index (χ4v) is 3.23. The van der Waals surface area contributed by atoms with Crippen LogP contribution in [-0.2, 0) is 0 Å². The summed E-state index contributed by atoms with van der Waals surface area (Å²) in [7, 11) is 0. The molecule has 2 aromatic carbocycles. The molecule has 0 aliphatic rings. The second kappa shape index (κ2) is 4.76. The number of hydrogen-bond donors (Lipinski definition) is 1. The number of hydrogen-bond acceptors (Lipinski definition) is 1. The standard InChI is InChI=1S/C15H12Br2N2/c1-8-4-3-5-11(13(8)17)15-18-12-7-10(16)6-9(2)14(12)19-15/h3-7H,1-2H3,(H,18,19). The highest BCUT2D eigenvalue weighted by Crippen LogP contribution is 2.31. The third kappa shape index (κ3) is 2.23. The van der Waals surface area contributed by atoms with Gasteiger partial charge in [0.2, 0.25) is 0 Å². The fourth-order valence-electron chi connectivity index (χ4n) is 2.20. The second-order valence-corrected chi connectivity index (χ2v) is 6.35. The Morgan fingerprint density at radius 2 is 1.84 bits per heavy atom. The first-order valence-corrected chi connectivity index (χ1v) is 7.56. The van der Waals surface area contributed by atoms with E-state index in [-0.39, 0.29) is 0 Å². The molecule has 2 nitrogen and oxygen atoms in total. The van der Waals surface area contributed by atoms with Crippen molar-refractivity contribution >= 4 is 42.9 Å². The van der Waals surface area contributed by atoms with Crippen LogP contribution in [-0.4, -0.2) is 9.97 Å². The number of benzene rings is 2. The number of halogens is 2. The Morgan fingerprint density at radius 3 is 2.63 bits per heavy atom. The Labute approximate surface area is 128 Å². The summed E-state index contributed by atoms with van der Waals surface area (Å²) < 4.78 is 2.15. The molecule has 0 saturated heterocycles. The number of nitrogens with one attached hydrogen (secondary N) is 1. The van der Waals surface area contributed by atoms with Gasteiger partial charge in [-0.15, -0.1) is 0 Å². The van der Waals surface area contributed by atoms with Crippen molar-refractivity contribution in [2.45, 2.75) is 13.8 Å². The van der Waals surface area contributed by atoms with E-state index in [1.165, 1.54) is 5.56 Å². The molecule has 3 aromatic rings. The maximum atomic E-state index is 4.72. The number of nitrogens with zero attached hydrogens (tertiary/aromatic N) is 1. The highest BCUT2D eigenvalue weighted by molar-refractivity contribution is 9.10. The monoisotopic (exact) mass is 378 g/mol. The SMILES string of the molecule is Cc1cccc(-c2nc3c(C)cc(Br)cc3[nH]2)c1Br. The molecular weight excluding hydrogens is 368 g/mol. The third-order valence-corrected chi connectivity index (χ3v) is 4.70. The van der Waals surface area contributed by atoms with Crippen molar-refractivity contribution in [2.24, 2.45) is 0 Å². The molecule has 1 heterocycles. The quantitative estimate of drug-likeness (QED) is 0.604. The Kier molecular flexibility index (Phi) is 3.23. The van der Waals surface area contributed by atoms with E-state index in [1.807, 2.05) is 6.07 Å². The Morgan fingerprint density at radius 1 is 1.05 bits per heavy atom. The third-order valence-electron chi connectivity index (χ3n) is 3.19. The van der Waals surface area contributed by atoms with Crippen molar-refractivity contribution < 1.29 is 0 Å². The topological polar surface area (TPSA) is 28.7 Å². The predicted molar refractivity (Wildman–Crippen MR) is 86.4 cm³/mol. The summed E-state index contributed by atoms with van der Waals surface area (Å²) in [6, 6.07) is 10.3. The van der Waals surface area contributed by atoms with Gasteiger partial charge in [-0.2, -0.15) is 0 Å². The lowest BCUT2D eigenvalue weighted by Crippen LogP contribution is -1.85. The molecule has 0 bridgehead atoms. The van der Waals surface area contributed by atoms with Crippen LogP contribution >= 0.6 is 31.9 Å². The van der Waals surface area contributed by atoms with E-state index in [1.54, 1.807) is 0 Å². The largest absolute Gasteiger partial charge is 0.338 e. The van der Waals surface area contributed by atoms with E-state index < -0.39 is 0 Å². The number of imidazole rings is 1. The van der Waals surface area contributed by atoms with E-state index in [0.29, 0.717) is 0 Å². The van der Waals surface area contributed by atoms with Gasteiger partial charge in [0.15, 0.2) is 0 Å². The van der Waals surface area contributed by atoms with Gasteiger partial charge in [-0.25, -0.2) is 4.98 Å². The van der Waals surface area contributed by atoms with Crippen LogP contribution in [0.4, 0.5) is 0 Å². The molecule has 0 unspecified atom stereocenters. The van der Waals surface area contributed by atoms with E-state index in [0.717, 1.165) is 36.9 Å². The number of aromatic amines is 1.